The van der Waals surface area contributed by atoms with E-state index >= 15 is 0 Å². The van der Waals surface area contributed by atoms with Gasteiger partial charge in [0.15, 0.2) is 0 Å². The molecule has 0 aliphatic heterocycles. The van der Waals surface area contributed by atoms with Crippen molar-refractivity contribution < 1.29 is 17.9 Å². The molecule has 0 aliphatic rings. The summed E-state index contributed by atoms with van der Waals surface area (Å²) in [5.74, 6) is 1.81. The lowest BCUT2D eigenvalue weighted by Crippen LogP contribution is -2.05. The van der Waals surface area contributed by atoms with Crippen molar-refractivity contribution in [2.75, 3.05) is 17.7 Å². The molecule has 0 bridgehead atoms. The molecule has 0 saturated heterocycles. The number of benzene rings is 2. The van der Waals surface area contributed by atoms with Crippen LogP contribution in [-0.4, -0.2) is 17.1 Å². The monoisotopic (exact) mass is 374 g/mol. The Hall–Kier alpha value is -3.29. The minimum atomic E-state index is -4.36. The second-order valence-electron chi connectivity index (χ2n) is 5.65. The molecule has 27 heavy (non-hydrogen) atoms. The number of nitrogens with one attached hydrogen (secondary N) is 2. The minimum absolute atomic E-state index is 0.465. The van der Waals surface area contributed by atoms with E-state index in [4.69, 9.17) is 4.74 Å². The first kappa shape index (κ1) is 18.5. The predicted octanol–water partition coefficient (Wildman–Crippen LogP) is 4.86. The molecule has 8 heteroatoms. The number of halogens is 3. The van der Waals surface area contributed by atoms with Gasteiger partial charge in [0, 0.05) is 23.9 Å². The van der Waals surface area contributed by atoms with E-state index in [1.165, 1.54) is 18.5 Å². The van der Waals surface area contributed by atoms with Gasteiger partial charge >= 0.3 is 6.18 Å². The Morgan fingerprint density at radius 2 is 1.67 bits per heavy atom. The number of nitrogens with zero attached hydrogens (tertiary/aromatic N) is 2. The summed E-state index contributed by atoms with van der Waals surface area (Å²) in [7, 11) is 1.61. The number of ether oxygens (including phenoxy) is 1. The van der Waals surface area contributed by atoms with Crippen molar-refractivity contribution in [3.05, 3.63) is 72.1 Å². The standard InChI is InChI=1S/C19H17F3N4O/c1-27-16-5-3-2-4-13(16)11-23-17-10-18(25-12-24-17)26-15-8-6-14(7-9-15)19(20,21)22/h2-10,12H,11H2,1H3,(H2,23,24,25,26). The van der Waals surface area contributed by atoms with Crippen molar-refractivity contribution in [1.82, 2.24) is 9.97 Å². The van der Waals surface area contributed by atoms with Gasteiger partial charge in [0.05, 0.1) is 12.7 Å². The highest BCUT2D eigenvalue weighted by molar-refractivity contribution is 5.59. The topological polar surface area (TPSA) is 59.1 Å². The van der Waals surface area contributed by atoms with Gasteiger partial charge in [0.1, 0.15) is 23.7 Å². The number of methoxy groups -OCH3 is 1. The van der Waals surface area contributed by atoms with Crippen LogP contribution in [0.2, 0.25) is 0 Å². The molecule has 0 fully saturated rings. The molecule has 3 aromatic rings. The molecular formula is C19H17F3N4O. The van der Waals surface area contributed by atoms with Gasteiger partial charge in [-0.05, 0) is 30.3 Å². The molecule has 0 unspecified atom stereocenters. The quantitative estimate of drug-likeness (QED) is 0.645. The molecular weight excluding hydrogens is 357 g/mol. The van der Waals surface area contributed by atoms with Crippen LogP contribution in [0.15, 0.2) is 60.9 Å². The van der Waals surface area contributed by atoms with E-state index in [1.54, 1.807) is 13.2 Å². The average molecular weight is 374 g/mol. The third-order valence-corrected chi connectivity index (χ3v) is 3.80. The summed E-state index contributed by atoms with van der Waals surface area (Å²) >= 11 is 0. The summed E-state index contributed by atoms with van der Waals surface area (Å²) in [6.07, 6.45) is -2.99. The van der Waals surface area contributed by atoms with Gasteiger partial charge in [-0.2, -0.15) is 13.2 Å². The van der Waals surface area contributed by atoms with Gasteiger partial charge < -0.3 is 15.4 Å². The van der Waals surface area contributed by atoms with Gasteiger partial charge in [0.2, 0.25) is 0 Å². The summed E-state index contributed by atoms with van der Waals surface area (Å²) in [4.78, 5) is 8.23. The molecule has 0 radical (unpaired) electrons. The fraction of sp³-hybridized carbons (Fsp3) is 0.158. The van der Waals surface area contributed by atoms with Crippen LogP contribution in [0.25, 0.3) is 0 Å². The average Bonchev–Trinajstić information content (AvgIpc) is 2.66. The molecule has 0 aliphatic carbocycles. The highest BCUT2D eigenvalue weighted by Gasteiger charge is 2.29. The van der Waals surface area contributed by atoms with Crippen LogP contribution in [-0.2, 0) is 12.7 Å². The third kappa shape index (κ3) is 4.87. The van der Waals surface area contributed by atoms with Gasteiger partial charge in [-0.15, -0.1) is 0 Å². The lowest BCUT2D eigenvalue weighted by molar-refractivity contribution is -0.137. The molecule has 140 valence electrons. The smallest absolute Gasteiger partial charge is 0.416 e. The van der Waals surface area contributed by atoms with Crippen LogP contribution in [0.3, 0.4) is 0 Å². The number of hydrogen-bond acceptors (Lipinski definition) is 5. The van der Waals surface area contributed by atoms with Crippen molar-refractivity contribution in [3.8, 4) is 5.75 Å². The second-order valence-corrected chi connectivity index (χ2v) is 5.65. The third-order valence-electron chi connectivity index (χ3n) is 3.80. The summed E-state index contributed by atoms with van der Waals surface area (Å²) in [6, 6.07) is 14.0. The molecule has 2 N–H and O–H groups in total. The van der Waals surface area contributed by atoms with Crippen LogP contribution in [0.1, 0.15) is 11.1 Å². The van der Waals surface area contributed by atoms with Crippen LogP contribution >= 0.6 is 0 Å². The number of hydrogen-bond donors (Lipinski definition) is 2. The Bertz CT molecular complexity index is 898. The molecule has 0 amide bonds. The summed E-state index contributed by atoms with van der Waals surface area (Å²) in [5.41, 5.74) is 0.767. The number of alkyl halides is 3. The zero-order valence-electron chi connectivity index (χ0n) is 14.4. The van der Waals surface area contributed by atoms with Crippen molar-refractivity contribution in [3.63, 3.8) is 0 Å². The highest BCUT2D eigenvalue weighted by atomic mass is 19.4. The molecule has 5 nitrogen and oxygen atoms in total. The number of rotatable bonds is 6. The number of para-hydroxylation sites is 1. The van der Waals surface area contributed by atoms with E-state index in [1.807, 2.05) is 24.3 Å². The van der Waals surface area contributed by atoms with Gasteiger partial charge in [-0.3, -0.25) is 0 Å². The Morgan fingerprint density at radius 3 is 2.37 bits per heavy atom. The molecule has 1 heterocycles. The fourth-order valence-electron chi connectivity index (χ4n) is 2.45. The van der Waals surface area contributed by atoms with E-state index in [-0.39, 0.29) is 0 Å². The van der Waals surface area contributed by atoms with Crippen LogP contribution in [0.5, 0.6) is 5.75 Å². The van der Waals surface area contributed by atoms with Crippen LogP contribution in [0, 0.1) is 0 Å². The lowest BCUT2D eigenvalue weighted by Gasteiger charge is -2.11. The SMILES string of the molecule is COc1ccccc1CNc1cc(Nc2ccc(C(F)(F)F)cc2)ncn1. The molecule has 0 spiro atoms. The van der Waals surface area contributed by atoms with Crippen molar-refractivity contribution in [2.45, 2.75) is 12.7 Å². The lowest BCUT2D eigenvalue weighted by atomic mass is 10.2. The Morgan fingerprint density at radius 1 is 0.963 bits per heavy atom. The van der Waals surface area contributed by atoms with E-state index < -0.39 is 11.7 Å². The van der Waals surface area contributed by atoms with Crippen molar-refractivity contribution in [1.29, 1.82) is 0 Å². The number of anilines is 3. The Labute approximate surface area is 154 Å². The normalized spacial score (nSPS) is 11.1. The molecule has 0 saturated carbocycles. The molecule has 0 atom stereocenters. The fourth-order valence-corrected chi connectivity index (χ4v) is 2.45. The van der Waals surface area contributed by atoms with Crippen LogP contribution < -0.4 is 15.4 Å². The van der Waals surface area contributed by atoms with Gasteiger partial charge in [0.25, 0.3) is 0 Å². The second kappa shape index (κ2) is 7.94. The van der Waals surface area contributed by atoms with E-state index in [0.717, 1.165) is 23.4 Å². The summed E-state index contributed by atoms with van der Waals surface area (Å²) in [5, 5.41) is 6.13. The maximum absolute atomic E-state index is 12.6. The zero-order valence-corrected chi connectivity index (χ0v) is 14.4. The zero-order chi connectivity index (χ0) is 19.3. The Balaban J connectivity index is 1.67. The van der Waals surface area contributed by atoms with Crippen molar-refractivity contribution >= 4 is 17.3 Å². The largest absolute Gasteiger partial charge is 0.496 e. The van der Waals surface area contributed by atoms with E-state index in [9.17, 15) is 13.2 Å². The molecule has 3 rings (SSSR count). The summed E-state index contributed by atoms with van der Waals surface area (Å²) < 4.78 is 43.2. The van der Waals surface area contributed by atoms with E-state index in [0.29, 0.717) is 23.9 Å². The molecule has 2 aromatic carbocycles. The Kier molecular flexibility index (Phi) is 5.44. The first-order chi connectivity index (χ1) is 13.0. The predicted molar refractivity (Wildman–Crippen MR) is 97.1 cm³/mol. The van der Waals surface area contributed by atoms with Crippen LogP contribution in [0.4, 0.5) is 30.5 Å². The maximum atomic E-state index is 12.6. The van der Waals surface area contributed by atoms with Gasteiger partial charge in [-0.25, -0.2) is 9.97 Å². The maximum Gasteiger partial charge on any atom is 0.416 e. The first-order valence-electron chi connectivity index (χ1n) is 8.08. The first-order valence-corrected chi connectivity index (χ1v) is 8.08. The summed E-state index contributed by atoms with van der Waals surface area (Å²) in [6.45, 7) is 0.501. The molecule has 1 aromatic heterocycles. The van der Waals surface area contributed by atoms with E-state index in [2.05, 4.69) is 20.6 Å². The number of aromatic nitrogens is 2. The highest BCUT2D eigenvalue weighted by Crippen LogP contribution is 2.30. The van der Waals surface area contributed by atoms with Gasteiger partial charge in [-0.1, -0.05) is 18.2 Å². The minimum Gasteiger partial charge on any atom is -0.496 e. The van der Waals surface area contributed by atoms with Crippen molar-refractivity contribution in [2.24, 2.45) is 0 Å².